The van der Waals surface area contributed by atoms with E-state index >= 15 is 0 Å². The summed E-state index contributed by atoms with van der Waals surface area (Å²) < 4.78 is 23.1. The van der Waals surface area contributed by atoms with Crippen molar-refractivity contribution in [3.8, 4) is 5.75 Å². The Morgan fingerprint density at radius 3 is 2.05 bits per heavy atom. The minimum atomic E-state index is -0.995. The van der Waals surface area contributed by atoms with E-state index in [9.17, 15) is 19.7 Å². The molecule has 228 valence electrons. The summed E-state index contributed by atoms with van der Waals surface area (Å²) in [5.74, 6) is -0.0156. The molecule has 0 bridgehead atoms. The van der Waals surface area contributed by atoms with Crippen LogP contribution in [0.3, 0.4) is 0 Å². The molecule has 3 rings (SSSR count). The largest absolute Gasteiger partial charge is 0.514 e. The molecule has 1 aliphatic rings. The molecule has 1 fully saturated rings. The van der Waals surface area contributed by atoms with Crippen LogP contribution in [0.2, 0.25) is 0 Å². The van der Waals surface area contributed by atoms with Gasteiger partial charge in [0, 0.05) is 18.6 Å². The fourth-order valence-electron chi connectivity index (χ4n) is 4.48. The predicted molar refractivity (Wildman–Crippen MR) is 161 cm³/mol. The van der Waals surface area contributed by atoms with E-state index in [1.54, 1.807) is 12.1 Å². The van der Waals surface area contributed by atoms with E-state index < -0.39 is 35.5 Å². The van der Waals surface area contributed by atoms with Crippen molar-refractivity contribution in [1.82, 2.24) is 5.32 Å². The second-order valence-electron chi connectivity index (χ2n) is 11.6. The van der Waals surface area contributed by atoms with Crippen LogP contribution in [0, 0.1) is 10.1 Å². The SMILES string of the molecule is CCCCCCCCCC(=O)NCC(OC(=O)Oc1ccc([N+](=O)[O-])cc1)c1ccc(B2OC(C)(C)C(C)(C)O2)cc1. The highest BCUT2D eigenvalue weighted by Gasteiger charge is 2.51. The summed E-state index contributed by atoms with van der Waals surface area (Å²) in [6.45, 7) is 10.2. The highest BCUT2D eigenvalue weighted by Crippen LogP contribution is 2.36. The van der Waals surface area contributed by atoms with E-state index in [0.717, 1.165) is 24.7 Å². The molecule has 0 aliphatic carbocycles. The summed E-state index contributed by atoms with van der Waals surface area (Å²) in [6, 6.07) is 12.4. The summed E-state index contributed by atoms with van der Waals surface area (Å²) in [6.07, 6.45) is 6.34. The number of hydrogen-bond donors (Lipinski definition) is 1. The summed E-state index contributed by atoms with van der Waals surface area (Å²) in [5.41, 5.74) is 0.367. The van der Waals surface area contributed by atoms with Gasteiger partial charge in [-0.3, -0.25) is 14.9 Å². The average molecular weight is 583 g/mol. The lowest BCUT2D eigenvalue weighted by molar-refractivity contribution is -0.384. The monoisotopic (exact) mass is 582 g/mol. The molecule has 1 heterocycles. The molecule has 1 aliphatic heterocycles. The van der Waals surface area contributed by atoms with Crippen LogP contribution in [0.1, 0.15) is 97.7 Å². The number of amides is 1. The van der Waals surface area contributed by atoms with Crippen molar-refractivity contribution in [3.63, 3.8) is 0 Å². The molecule has 2 aromatic carbocycles. The van der Waals surface area contributed by atoms with Gasteiger partial charge < -0.3 is 24.1 Å². The Labute approximate surface area is 248 Å². The standard InChI is InChI=1S/C31H43BN2O8/c1-6-7-8-9-10-11-12-13-28(35)33-22-27(40-29(36)39-26-20-18-25(19-21-26)34(37)38)23-14-16-24(17-15-23)32-41-30(2,3)31(4,5)42-32/h14-21,27H,6-13,22H2,1-5H3,(H,33,35). The number of nitrogens with one attached hydrogen (secondary N) is 1. The highest BCUT2D eigenvalue weighted by atomic mass is 16.7. The summed E-state index contributed by atoms with van der Waals surface area (Å²) >= 11 is 0. The van der Waals surface area contributed by atoms with Crippen LogP contribution < -0.4 is 15.5 Å². The number of carbonyl (C=O) groups is 2. The van der Waals surface area contributed by atoms with Gasteiger partial charge >= 0.3 is 13.3 Å². The van der Waals surface area contributed by atoms with Crippen molar-refractivity contribution in [3.05, 3.63) is 64.2 Å². The van der Waals surface area contributed by atoms with Gasteiger partial charge in [0.05, 0.1) is 22.7 Å². The third-order valence-electron chi connectivity index (χ3n) is 7.81. The van der Waals surface area contributed by atoms with Gasteiger partial charge in [-0.05, 0) is 57.3 Å². The second-order valence-corrected chi connectivity index (χ2v) is 11.6. The van der Waals surface area contributed by atoms with Crippen LogP contribution in [0.4, 0.5) is 10.5 Å². The summed E-state index contributed by atoms with van der Waals surface area (Å²) in [5, 5.41) is 13.8. The first-order valence-electron chi connectivity index (χ1n) is 14.8. The highest BCUT2D eigenvalue weighted by molar-refractivity contribution is 6.62. The van der Waals surface area contributed by atoms with Crippen molar-refractivity contribution in [2.24, 2.45) is 0 Å². The minimum Gasteiger partial charge on any atom is -0.424 e. The number of unbranched alkanes of at least 4 members (excludes halogenated alkanes) is 6. The molecule has 2 aromatic rings. The van der Waals surface area contributed by atoms with Crippen molar-refractivity contribution < 1.29 is 33.3 Å². The lowest BCUT2D eigenvalue weighted by Gasteiger charge is -2.32. The Morgan fingerprint density at radius 2 is 1.48 bits per heavy atom. The first-order valence-corrected chi connectivity index (χ1v) is 14.8. The quantitative estimate of drug-likeness (QED) is 0.0638. The molecule has 0 aromatic heterocycles. The van der Waals surface area contributed by atoms with E-state index in [1.807, 2.05) is 39.8 Å². The zero-order chi connectivity index (χ0) is 30.8. The van der Waals surface area contributed by atoms with Crippen LogP contribution in [0.25, 0.3) is 0 Å². The molecule has 11 heteroatoms. The van der Waals surface area contributed by atoms with Gasteiger partial charge in [0.25, 0.3) is 5.69 Å². The summed E-state index contributed by atoms with van der Waals surface area (Å²) in [4.78, 5) is 35.6. The molecule has 1 unspecified atom stereocenters. The molecule has 10 nitrogen and oxygen atoms in total. The average Bonchev–Trinajstić information content (AvgIpc) is 3.17. The van der Waals surface area contributed by atoms with Crippen molar-refractivity contribution in [2.75, 3.05) is 6.54 Å². The molecule has 1 amide bonds. The lowest BCUT2D eigenvalue weighted by Crippen LogP contribution is -2.41. The Hall–Kier alpha value is -3.44. The number of benzene rings is 2. The van der Waals surface area contributed by atoms with Crippen molar-refractivity contribution in [2.45, 2.75) is 103 Å². The van der Waals surface area contributed by atoms with Crippen LogP contribution in [0.15, 0.2) is 48.5 Å². The third-order valence-corrected chi connectivity index (χ3v) is 7.81. The number of hydrogen-bond acceptors (Lipinski definition) is 8. The molecule has 1 saturated heterocycles. The number of non-ortho nitro benzene ring substituents is 1. The lowest BCUT2D eigenvalue weighted by atomic mass is 9.78. The fraction of sp³-hybridized carbons (Fsp3) is 0.548. The predicted octanol–water partition coefficient (Wildman–Crippen LogP) is 6.41. The Bertz CT molecular complexity index is 1170. The Morgan fingerprint density at radius 1 is 0.905 bits per heavy atom. The first kappa shape index (κ1) is 33.1. The van der Waals surface area contributed by atoms with Crippen molar-refractivity contribution in [1.29, 1.82) is 0 Å². The topological polar surface area (TPSA) is 126 Å². The number of nitro groups is 1. The van der Waals surface area contributed by atoms with E-state index in [-0.39, 0.29) is 23.9 Å². The van der Waals surface area contributed by atoms with Gasteiger partial charge in [0.1, 0.15) is 11.9 Å². The van der Waals surface area contributed by atoms with Gasteiger partial charge in [-0.15, -0.1) is 0 Å². The van der Waals surface area contributed by atoms with Crippen LogP contribution in [-0.2, 0) is 18.8 Å². The molecule has 1 atom stereocenters. The molecule has 0 spiro atoms. The molecule has 1 N–H and O–H groups in total. The van der Waals surface area contributed by atoms with Gasteiger partial charge in [-0.2, -0.15) is 0 Å². The number of ether oxygens (including phenoxy) is 2. The Balaban J connectivity index is 1.63. The minimum absolute atomic E-state index is 0.0561. The van der Waals surface area contributed by atoms with Crippen LogP contribution >= 0.6 is 0 Å². The van der Waals surface area contributed by atoms with Gasteiger partial charge in [0.15, 0.2) is 0 Å². The maximum absolute atomic E-state index is 12.7. The fourth-order valence-corrected chi connectivity index (χ4v) is 4.48. The molecular formula is C31H43BN2O8. The van der Waals surface area contributed by atoms with E-state index in [4.69, 9.17) is 18.8 Å². The van der Waals surface area contributed by atoms with Crippen molar-refractivity contribution >= 4 is 30.3 Å². The van der Waals surface area contributed by atoms with E-state index in [2.05, 4.69) is 12.2 Å². The Kier molecular flexibility index (Phi) is 11.9. The second kappa shape index (κ2) is 15.2. The van der Waals surface area contributed by atoms with E-state index in [1.165, 1.54) is 49.9 Å². The smallest absolute Gasteiger partial charge is 0.424 e. The number of nitro benzene ring substituents is 1. The van der Waals surface area contributed by atoms with Crippen LogP contribution in [-0.4, -0.2) is 41.9 Å². The number of rotatable bonds is 15. The zero-order valence-corrected chi connectivity index (χ0v) is 25.4. The number of carbonyl (C=O) groups excluding carboxylic acids is 2. The number of nitrogens with zero attached hydrogens (tertiary/aromatic N) is 1. The molecule has 0 radical (unpaired) electrons. The van der Waals surface area contributed by atoms with E-state index in [0.29, 0.717) is 12.0 Å². The first-order chi connectivity index (χ1) is 19.9. The summed E-state index contributed by atoms with van der Waals surface area (Å²) in [7, 11) is -0.544. The third kappa shape index (κ3) is 9.56. The van der Waals surface area contributed by atoms with Gasteiger partial charge in [-0.1, -0.05) is 69.7 Å². The maximum Gasteiger partial charge on any atom is 0.514 e. The van der Waals surface area contributed by atoms with Gasteiger partial charge in [0.2, 0.25) is 5.91 Å². The zero-order valence-electron chi connectivity index (χ0n) is 25.4. The van der Waals surface area contributed by atoms with Crippen LogP contribution in [0.5, 0.6) is 5.75 Å². The molecular weight excluding hydrogens is 539 g/mol. The van der Waals surface area contributed by atoms with Gasteiger partial charge in [-0.25, -0.2) is 4.79 Å². The molecule has 42 heavy (non-hydrogen) atoms. The normalized spacial score (nSPS) is 16.1. The maximum atomic E-state index is 12.7. The molecule has 0 saturated carbocycles.